The van der Waals surface area contributed by atoms with Gasteiger partial charge in [-0.25, -0.2) is 0 Å². The molecule has 5 nitrogen and oxygen atoms in total. The zero-order chi connectivity index (χ0) is 13.8. The van der Waals surface area contributed by atoms with Crippen LogP contribution in [0.25, 0.3) is 0 Å². The summed E-state index contributed by atoms with van der Waals surface area (Å²) in [6.45, 7) is 4.33. The quantitative estimate of drug-likeness (QED) is 0.595. The third-order valence-corrected chi connectivity index (χ3v) is 3.15. The first-order valence-corrected chi connectivity index (χ1v) is 5.97. The molecule has 0 radical (unpaired) electrons. The van der Waals surface area contributed by atoms with Crippen molar-refractivity contribution >= 4 is 5.91 Å². The van der Waals surface area contributed by atoms with E-state index < -0.39 is 17.2 Å². The topological polar surface area (TPSA) is 95.6 Å². The minimum absolute atomic E-state index is 0.0618. The molecule has 0 saturated heterocycles. The summed E-state index contributed by atoms with van der Waals surface area (Å²) in [5.41, 5.74) is 5.17. The van der Waals surface area contributed by atoms with Gasteiger partial charge in [0, 0.05) is 5.54 Å². The van der Waals surface area contributed by atoms with Crippen molar-refractivity contribution in [1.82, 2.24) is 5.32 Å². The van der Waals surface area contributed by atoms with Crippen molar-refractivity contribution in [1.29, 1.82) is 0 Å². The van der Waals surface area contributed by atoms with Crippen LogP contribution in [0.3, 0.4) is 0 Å². The maximum Gasteiger partial charge on any atom is 0.255 e. The van der Waals surface area contributed by atoms with E-state index in [9.17, 15) is 15.0 Å². The highest BCUT2D eigenvalue weighted by molar-refractivity contribution is 5.98. The van der Waals surface area contributed by atoms with E-state index in [4.69, 9.17) is 5.73 Å². The van der Waals surface area contributed by atoms with Gasteiger partial charge in [0.05, 0.1) is 5.56 Å². The molecule has 5 heteroatoms. The molecule has 0 heterocycles. The third-order valence-electron chi connectivity index (χ3n) is 3.15. The fourth-order valence-corrected chi connectivity index (χ4v) is 1.70. The highest BCUT2D eigenvalue weighted by atomic mass is 16.3. The second-order valence-electron chi connectivity index (χ2n) is 4.58. The van der Waals surface area contributed by atoms with Crippen LogP contribution >= 0.6 is 0 Å². The average Bonchev–Trinajstić information content (AvgIpc) is 2.32. The molecule has 0 aromatic heterocycles. The molecule has 0 aliphatic carbocycles. The van der Waals surface area contributed by atoms with Crippen molar-refractivity contribution in [2.45, 2.75) is 32.2 Å². The Morgan fingerprint density at radius 1 is 1.44 bits per heavy atom. The largest absolute Gasteiger partial charge is 0.504 e. The number of benzene rings is 1. The van der Waals surface area contributed by atoms with Crippen LogP contribution in [-0.4, -0.2) is 28.2 Å². The number of carbonyl (C=O) groups is 1. The van der Waals surface area contributed by atoms with E-state index in [1.54, 1.807) is 0 Å². The molecule has 18 heavy (non-hydrogen) atoms. The first-order chi connectivity index (χ1) is 8.43. The number of hydrogen-bond acceptors (Lipinski definition) is 4. The van der Waals surface area contributed by atoms with Crippen LogP contribution in [0.2, 0.25) is 0 Å². The number of hydrogen-bond donors (Lipinski definition) is 4. The molecular weight excluding hydrogens is 232 g/mol. The molecule has 100 valence electrons. The molecule has 1 aromatic rings. The molecule has 0 spiro atoms. The minimum Gasteiger partial charge on any atom is -0.504 e. The van der Waals surface area contributed by atoms with Crippen molar-refractivity contribution in [3.8, 4) is 11.5 Å². The Bertz CT molecular complexity index is 434. The van der Waals surface area contributed by atoms with Gasteiger partial charge in [0.15, 0.2) is 11.5 Å². The van der Waals surface area contributed by atoms with E-state index in [0.29, 0.717) is 13.0 Å². The summed E-state index contributed by atoms with van der Waals surface area (Å²) in [7, 11) is 0. The third kappa shape index (κ3) is 3.13. The average molecular weight is 252 g/mol. The van der Waals surface area contributed by atoms with Crippen LogP contribution in [0.1, 0.15) is 37.0 Å². The predicted molar refractivity (Wildman–Crippen MR) is 69.6 cm³/mol. The van der Waals surface area contributed by atoms with Crippen molar-refractivity contribution < 1.29 is 15.0 Å². The fraction of sp³-hybridized carbons (Fsp3) is 0.462. The molecule has 1 unspecified atom stereocenters. The van der Waals surface area contributed by atoms with E-state index in [0.717, 1.165) is 6.42 Å². The Morgan fingerprint density at radius 2 is 2.11 bits per heavy atom. The summed E-state index contributed by atoms with van der Waals surface area (Å²) in [4.78, 5) is 12.0. The number of phenols is 2. The maximum absolute atomic E-state index is 12.0. The number of nitrogens with two attached hydrogens (primary N) is 1. The zero-order valence-electron chi connectivity index (χ0n) is 10.7. The lowest BCUT2D eigenvalue weighted by atomic mass is 9.94. The molecule has 1 atom stereocenters. The number of rotatable bonds is 5. The van der Waals surface area contributed by atoms with Crippen molar-refractivity contribution in [3.05, 3.63) is 23.8 Å². The van der Waals surface area contributed by atoms with Gasteiger partial charge in [-0.15, -0.1) is 0 Å². The van der Waals surface area contributed by atoms with Crippen LogP contribution in [0.5, 0.6) is 11.5 Å². The molecule has 5 N–H and O–H groups in total. The van der Waals surface area contributed by atoms with Gasteiger partial charge >= 0.3 is 0 Å². The minimum atomic E-state index is -0.416. The van der Waals surface area contributed by atoms with Crippen molar-refractivity contribution in [2.75, 3.05) is 6.54 Å². The van der Waals surface area contributed by atoms with Crippen LogP contribution < -0.4 is 11.1 Å². The summed E-state index contributed by atoms with van der Waals surface area (Å²) in [5.74, 6) is -1.12. The number of carbonyl (C=O) groups excluding carboxylic acids is 1. The lowest BCUT2D eigenvalue weighted by Gasteiger charge is -2.29. The number of nitrogens with one attached hydrogen (secondary N) is 1. The van der Waals surface area contributed by atoms with Crippen molar-refractivity contribution in [3.63, 3.8) is 0 Å². The first-order valence-electron chi connectivity index (χ1n) is 5.97. The van der Waals surface area contributed by atoms with E-state index in [-0.39, 0.29) is 11.3 Å². The lowest BCUT2D eigenvalue weighted by molar-refractivity contribution is 0.0896. The smallest absolute Gasteiger partial charge is 0.255 e. The predicted octanol–water partition coefficient (Wildman–Crippen LogP) is 1.35. The number of para-hydroxylation sites is 1. The Morgan fingerprint density at radius 3 is 2.67 bits per heavy atom. The van der Waals surface area contributed by atoms with Gasteiger partial charge < -0.3 is 21.3 Å². The summed E-state index contributed by atoms with van der Waals surface area (Å²) in [5, 5.41) is 21.8. The molecular formula is C13H20N2O3. The van der Waals surface area contributed by atoms with Crippen molar-refractivity contribution in [2.24, 2.45) is 5.73 Å². The van der Waals surface area contributed by atoms with Gasteiger partial charge in [-0.05, 0) is 38.4 Å². The number of amides is 1. The molecule has 1 rings (SSSR count). The SMILES string of the molecule is CCC(C)(CCN)NC(=O)c1cccc(O)c1O. The van der Waals surface area contributed by atoms with E-state index in [2.05, 4.69) is 5.32 Å². The molecule has 0 aliphatic rings. The number of phenolic OH excluding ortho intramolecular Hbond substituents is 2. The zero-order valence-corrected chi connectivity index (χ0v) is 10.7. The molecule has 1 aromatic carbocycles. The van der Waals surface area contributed by atoms with Gasteiger partial charge in [-0.2, -0.15) is 0 Å². The van der Waals surface area contributed by atoms with E-state index in [1.165, 1.54) is 18.2 Å². The van der Waals surface area contributed by atoms with Crippen LogP contribution in [0, 0.1) is 0 Å². The Labute approximate surface area is 107 Å². The van der Waals surface area contributed by atoms with Crippen LogP contribution in [0.15, 0.2) is 18.2 Å². The Balaban J connectivity index is 2.91. The van der Waals surface area contributed by atoms with E-state index >= 15 is 0 Å². The number of aromatic hydroxyl groups is 2. The summed E-state index contributed by atoms with van der Waals surface area (Å²) in [6.07, 6.45) is 1.38. The van der Waals surface area contributed by atoms with E-state index in [1.807, 2.05) is 13.8 Å². The van der Waals surface area contributed by atoms with Gasteiger partial charge in [-0.3, -0.25) is 4.79 Å². The molecule has 0 saturated carbocycles. The summed E-state index contributed by atoms with van der Waals surface area (Å²) >= 11 is 0. The van der Waals surface area contributed by atoms with Gasteiger partial charge in [0.1, 0.15) is 0 Å². The summed E-state index contributed by atoms with van der Waals surface area (Å²) < 4.78 is 0. The lowest BCUT2D eigenvalue weighted by Crippen LogP contribution is -2.46. The highest BCUT2D eigenvalue weighted by Gasteiger charge is 2.25. The van der Waals surface area contributed by atoms with Crippen LogP contribution in [-0.2, 0) is 0 Å². The van der Waals surface area contributed by atoms with Gasteiger partial charge in [0.2, 0.25) is 0 Å². The van der Waals surface area contributed by atoms with Crippen LogP contribution in [0.4, 0.5) is 0 Å². The fourth-order valence-electron chi connectivity index (χ4n) is 1.70. The molecule has 0 fully saturated rings. The monoisotopic (exact) mass is 252 g/mol. The Hall–Kier alpha value is -1.75. The molecule has 1 amide bonds. The maximum atomic E-state index is 12.0. The molecule has 0 aliphatic heterocycles. The highest BCUT2D eigenvalue weighted by Crippen LogP contribution is 2.28. The second kappa shape index (κ2) is 5.73. The Kier molecular flexibility index (Phi) is 4.55. The second-order valence-corrected chi connectivity index (χ2v) is 4.58. The first kappa shape index (κ1) is 14.3. The standard InChI is InChI=1S/C13H20N2O3/c1-3-13(2,7-8-14)15-12(18)9-5-4-6-10(16)11(9)17/h4-6,16-17H,3,7-8,14H2,1-2H3,(H,15,18). The normalized spacial score (nSPS) is 13.9. The van der Waals surface area contributed by atoms with Gasteiger partial charge in [-0.1, -0.05) is 13.0 Å². The molecule has 0 bridgehead atoms. The summed E-state index contributed by atoms with van der Waals surface area (Å²) in [6, 6.07) is 4.30. The van der Waals surface area contributed by atoms with Gasteiger partial charge in [0.25, 0.3) is 5.91 Å².